The zero-order valence-electron chi connectivity index (χ0n) is 16.6. The second-order valence-electron chi connectivity index (χ2n) is 7.39. The van der Waals surface area contributed by atoms with Crippen molar-refractivity contribution in [3.05, 3.63) is 62.5 Å². The Morgan fingerprint density at radius 1 is 1.13 bits per heavy atom. The van der Waals surface area contributed by atoms with Gasteiger partial charge in [-0.2, -0.15) is 4.52 Å². The quantitative estimate of drug-likeness (QED) is 0.611. The molecule has 0 spiro atoms. The fourth-order valence-electron chi connectivity index (χ4n) is 3.64. The van der Waals surface area contributed by atoms with Gasteiger partial charge in [0.2, 0.25) is 0 Å². The molecule has 1 aliphatic rings. The molecule has 0 amide bonds. The molecule has 1 aliphatic heterocycles. The maximum atomic E-state index is 13.0. The lowest BCUT2D eigenvalue weighted by atomic mass is 10.1. The first-order valence-electron chi connectivity index (χ1n) is 9.70. The summed E-state index contributed by atoms with van der Waals surface area (Å²) in [5, 5.41) is 5.11. The molecule has 30 heavy (non-hydrogen) atoms. The number of hydrogen-bond donors (Lipinski definition) is 0. The van der Waals surface area contributed by atoms with Gasteiger partial charge in [-0.15, -0.1) is 5.10 Å². The third-order valence-electron chi connectivity index (χ3n) is 5.43. The van der Waals surface area contributed by atoms with E-state index in [1.54, 1.807) is 19.1 Å². The number of benzene rings is 1. The van der Waals surface area contributed by atoms with Crippen molar-refractivity contribution in [1.82, 2.24) is 14.6 Å². The lowest BCUT2D eigenvalue weighted by molar-refractivity contribution is 0.146. The van der Waals surface area contributed by atoms with Crippen molar-refractivity contribution < 1.29 is 13.5 Å². The summed E-state index contributed by atoms with van der Waals surface area (Å²) < 4.78 is 33.2. The Kier molecular flexibility index (Phi) is 5.60. The van der Waals surface area contributed by atoms with Crippen LogP contribution in [0.2, 0.25) is 5.02 Å². The van der Waals surface area contributed by atoms with Gasteiger partial charge in [0.15, 0.2) is 11.5 Å². The van der Waals surface area contributed by atoms with Crippen molar-refractivity contribution in [2.45, 2.75) is 39.2 Å². The van der Waals surface area contributed by atoms with Crippen LogP contribution < -0.4 is 15.2 Å². The van der Waals surface area contributed by atoms with E-state index in [1.165, 1.54) is 0 Å². The molecule has 3 aromatic rings. The average molecular weight is 435 g/mol. The molecule has 6 nitrogen and oxygen atoms in total. The van der Waals surface area contributed by atoms with Crippen LogP contribution >= 0.6 is 11.6 Å². The van der Waals surface area contributed by atoms with E-state index >= 15 is 0 Å². The Labute approximate surface area is 177 Å². The summed E-state index contributed by atoms with van der Waals surface area (Å²) in [4.78, 5) is 18.4. The van der Waals surface area contributed by atoms with Gasteiger partial charge in [0.25, 0.3) is 12.0 Å². The van der Waals surface area contributed by atoms with Gasteiger partial charge in [0.1, 0.15) is 17.5 Å². The maximum Gasteiger partial charge on any atom is 0.280 e. The first-order chi connectivity index (χ1) is 14.3. The standard InChI is InChI=1S/C21H21ClF2N4O2/c1-12-13(2)21(26-28-18(29)11-17(19(23)24)25-20(12)28)27-9-7-16(8-10-27)30-15-5-3-14(22)4-6-15/h3-6,11,16,19H,7-10H2,1-2H3. The summed E-state index contributed by atoms with van der Waals surface area (Å²) in [7, 11) is 0. The van der Waals surface area contributed by atoms with Crippen molar-refractivity contribution in [3.8, 4) is 5.75 Å². The third-order valence-corrected chi connectivity index (χ3v) is 5.68. The first kappa shape index (κ1) is 20.5. The number of aryl methyl sites for hydroxylation is 1. The fourth-order valence-corrected chi connectivity index (χ4v) is 3.77. The monoisotopic (exact) mass is 434 g/mol. The Morgan fingerprint density at radius 2 is 1.80 bits per heavy atom. The lowest BCUT2D eigenvalue weighted by Gasteiger charge is -2.34. The van der Waals surface area contributed by atoms with Crippen LogP contribution in [0.3, 0.4) is 0 Å². The Balaban J connectivity index is 1.56. The average Bonchev–Trinajstić information content (AvgIpc) is 2.73. The number of piperidine rings is 1. The molecule has 0 aliphatic carbocycles. The highest BCUT2D eigenvalue weighted by atomic mass is 35.5. The van der Waals surface area contributed by atoms with E-state index in [4.69, 9.17) is 16.3 Å². The zero-order chi connectivity index (χ0) is 21.4. The summed E-state index contributed by atoms with van der Waals surface area (Å²) in [5.41, 5.74) is 0.516. The van der Waals surface area contributed by atoms with E-state index in [1.807, 2.05) is 19.1 Å². The van der Waals surface area contributed by atoms with Crippen molar-refractivity contribution >= 4 is 23.1 Å². The molecular formula is C21H21ClF2N4O2. The van der Waals surface area contributed by atoms with Gasteiger partial charge in [-0.3, -0.25) is 4.79 Å². The molecule has 0 unspecified atom stereocenters. The van der Waals surface area contributed by atoms with Gasteiger partial charge in [-0.1, -0.05) is 11.6 Å². The van der Waals surface area contributed by atoms with Crippen molar-refractivity contribution in [1.29, 1.82) is 0 Å². The second kappa shape index (κ2) is 8.18. The number of aromatic nitrogens is 3. The van der Waals surface area contributed by atoms with Crippen LogP contribution in [0.15, 0.2) is 35.1 Å². The molecular weight excluding hydrogens is 414 g/mol. The molecule has 0 saturated carbocycles. The fraction of sp³-hybridized carbons (Fsp3) is 0.381. The number of halogens is 3. The predicted molar refractivity (Wildman–Crippen MR) is 111 cm³/mol. The number of fused-ring (bicyclic) bond motifs is 1. The maximum absolute atomic E-state index is 13.0. The zero-order valence-corrected chi connectivity index (χ0v) is 17.4. The first-order valence-corrected chi connectivity index (χ1v) is 10.1. The highest BCUT2D eigenvalue weighted by Gasteiger charge is 2.25. The highest BCUT2D eigenvalue weighted by molar-refractivity contribution is 6.30. The van der Waals surface area contributed by atoms with Gasteiger partial charge < -0.3 is 9.64 Å². The minimum atomic E-state index is -2.80. The van der Waals surface area contributed by atoms with E-state index < -0.39 is 17.7 Å². The molecule has 9 heteroatoms. The van der Waals surface area contributed by atoms with E-state index in [9.17, 15) is 13.6 Å². The normalized spacial score (nSPS) is 15.2. The largest absolute Gasteiger partial charge is 0.490 e. The minimum Gasteiger partial charge on any atom is -0.490 e. The number of hydrogen-bond acceptors (Lipinski definition) is 5. The number of alkyl halides is 2. The van der Waals surface area contributed by atoms with E-state index in [0.717, 1.165) is 34.7 Å². The molecule has 0 N–H and O–H groups in total. The van der Waals surface area contributed by atoms with Crippen LogP contribution in [0, 0.1) is 13.8 Å². The van der Waals surface area contributed by atoms with Crippen molar-refractivity contribution in [3.63, 3.8) is 0 Å². The Morgan fingerprint density at radius 3 is 2.43 bits per heavy atom. The highest BCUT2D eigenvalue weighted by Crippen LogP contribution is 2.27. The van der Waals surface area contributed by atoms with Crippen molar-refractivity contribution in [2.24, 2.45) is 0 Å². The van der Waals surface area contributed by atoms with E-state index in [-0.39, 0.29) is 11.8 Å². The summed E-state index contributed by atoms with van der Waals surface area (Å²) in [6, 6.07) is 8.13. The van der Waals surface area contributed by atoms with Gasteiger partial charge in [-0.05, 0) is 38.1 Å². The molecule has 2 aromatic heterocycles. The Hall–Kier alpha value is -2.74. The minimum absolute atomic E-state index is 0.0716. The van der Waals surface area contributed by atoms with Crippen LogP contribution in [-0.2, 0) is 0 Å². The summed E-state index contributed by atoms with van der Waals surface area (Å²) >= 11 is 5.91. The molecule has 1 aromatic carbocycles. The van der Waals surface area contributed by atoms with Crippen LogP contribution in [0.25, 0.3) is 5.65 Å². The van der Waals surface area contributed by atoms with Gasteiger partial charge in [-0.25, -0.2) is 13.8 Å². The smallest absolute Gasteiger partial charge is 0.280 e. The van der Waals surface area contributed by atoms with Gasteiger partial charge in [0.05, 0.1) is 0 Å². The van der Waals surface area contributed by atoms with E-state index in [0.29, 0.717) is 29.5 Å². The topological polar surface area (TPSA) is 59.7 Å². The van der Waals surface area contributed by atoms with Crippen LogP contribution in [0.5, 0.6) is 5.75 Å². The van der Waals surface area contributed by atoms with Crippen LogP contribution in [-0.4, -0.2) is 33.8 Å². The molecule has 0 bridgehead atoms. The van der Waals surface area contributed by atoms with Gasteiger partial charge in [0, 0.05) is 48.1 Å². The van der Waals surface area contributed by atoms with Crippen molar-refractivity contribution in [2.75, 3.05) is 18.0 Å². The van der Waals surface area contributed by atoms with E-state index in [2.05, 4.69) is 15.0 Å². The Bertz CT molecular complexity index is 1130. The lowest BCUT2D eigenvalue weighted by Crippen LogP contribution is -2.39. The molecule has 1 saturated heterocycles. The number of rotatable bonds is 4. The van der Waals surface area contributed by atoms with Gasteiger partial charge >= 0.3 is 0 Å². The summed E-state index contributed by atoms with van der Waals surface area (Å²) in [6.07, 6.45) is -1.15. The number of nitrogens with zero attached hydrogens (tertiary/aromatic N) is 4. The molecule has 4 rings (SSSR count). The predicted octanol–water partition coefficient (Wildman–Crippen LogP) is 4.35. The molecule has 158 valence electrons. The van der Waals surface area contributed by atoms with Crippen LogP contribution in [0.1, 0.15) is 36.1 Å². The molecule has 3 heterocycles. The SMILES string of the molecule is Cc1c(N2CCC(Oc3ccc(Cl)cc3)CC2)nn2c(=O)cc(C(F)F)nc2c1C. The third kappa shape index (κ3) is 3.96. The number of anilines is 1. The summed E-state index contributed by atoms with van der Waals surface area (Å²) in [5.74, 6) is 1.44. The molecule has 0 radical (unpaired) electrons. The molecule has 0 atom stereocenters. The summed E-state index contributed by atoms with van der Waals surface area (Å²) in [6.45, 7) is 5.05. The second-order valence-corrected chi connectivity index (χ2v) is 7.82. The number of ether oxygens (including phenoxy) is 1. The molecule has 1 fully saturated rings. The van der Waals surface area contributed by atoms with Crippen LogP contribution in [0.4, 0.5) is 14.6 Å².